The molecule has 1 aromatic rings. The zero-order chi connectivity index (χ0) is 18.6. The monoisotopic (exact) mass is 363 g/mol. The molecule has 0 spiro atoms. The number of hydrogen-bond acceptors (Lipinski definition) is 2. The van der Waals surface area contributed by atoms with Crippen LogP contribution in [-0.4, -0.2) is 27.6 Å². The van der Waals surface area contributed by atoms with Gasteiger partial charge in [-0.3, -0.25) is 4.79 Å². The van der Waals surface area contributed by atoms with Gasteiger partial charge in [0, 0.05) is 17.0 Å². The summed E-state index contributed by atoms with van der Waals surface area (Å²) in [4.78, 5) is 15.2. The third-order valence-corrected chi connectivity index (χ3v) is 5.29. The Balaban J connectivity index is 2.37. The van der Waals surface area contributed by atoms with Crippen molar-refractivity contribution < 1.29 is 9.90 Å². The maximum absolute atomic E-state index is 13.2. The molecule has 1 aliphatic heterocycles. The fourth-order valence-corrected chi connectivity index (χ4v) is 3.99. The highest BCUT2D eigenvalue weighted by Gasteiger charge is 2.40. The van der Waals surface area contributed by atoms with E-state index in [0.717, 1.165) is 24.8 Å². The van der Waals surface area contributed by atoms with Gasteiger partial charge >= 0.3 is 0 Å². The summed E-state index contributed by atoms with van der Waals surface area (Å²) >= 11 is 6.03. The van der Waals surface area contributed by atoms with E-state index in [1.807, 2.05) is 49.1 Å². The highest BCUT2D eigenvalue weighted by atomic mass is 35.5. The number of piperidine rings is 1. The summed E-state index contributed by atoms with van der Waals surface area (Å²) in [5, 5.41) is 11.0. The summed E-state index contributed by atoms with van der Waals surface area (Å²) in [7, 11) is 0. The molecule has 1 saturated heterocycles. The molecule has 3 unspecified atom stereocenters. The molecule has 0 saturated carbocycles. The first-order chi connectivity index (χ1) is 11.8. The van der Waals surface area contributed by atoms with Crippen LogP contribution in [0, 0.1) is 5.92 Å². The van der Waals surface area contributed by atoms with Crippen molar-refractivity contribution in [2.45, 2.75) is 70.6 Å². The molecule has 1 amide bonds. The van der Waals surface area contributed by atoms with Gasteiger partial charge in [-0.05, 0) is 63.6 Å². The Kier molecular flexibility index (Phi) is 6.70. The van der Waals surface area contributed by atoms with Gasteiger partial charge in [-0.1, -0.05) is 36.7 Å². The smallest absolute Gasteiger partial charge is 0.226 e. The quantitative estimate of drug-likeness (QED) is 0.682. The van der Waals surface area contributed by atoms with Crippen LogP contribution in [0.15, 0.2) is 36.9 Å². The third kappa shape index (κ3) is 5.08. The molecule has 4 heteroatoms. The summed E-state index contributed by atoms with van der Waals surface area (Å²) in [5.41, 5.74) is 0.306. The number of hydrogen-bond donors (Lipinski definition) is 1. The number of aliphatic hydroxyl groups is 1. The van der Waals surface area contributed by atoms with Crippen LogP contribution in [0.4, 0.5) is 0 Å². The Morgan fingerprint density at radius 2 is 2.00 bits per heavy atom. The molecule has 1 N–H and O–H groups in total. The van der Waals surface area contributed by atoms with Crippen molar-refractivity contribution in [3.05, 3.63) is 47.5 Å². The van der Waals surface area contributed by atoms with E-state index in [2.05, 4.69) is 13.5 Å². The summed E-state index contributed by atoms with van der Waals surface area (Å²) in [5.74, 6) is 0.180. The van der Waals surface area contributed by atoms with Crippen molar-refractivity contribution in [3.63, 3.8) is 0 Å². The molecular weight excluding hydrogens is 334 g/mol. The maximum Gasteiger partial charge on any atom is 0.226 e. The van der Waals surface area contributed by atoms with Crippen LogP contribution in [0.3, 0.4) is 0 Å². The van der Waals surface area contributed by atoms with E-state index in [4.69, 9.17) is 11.6 Å². The standard InChI is InChI=1S/C21H30ClNO2/c1-5-7-16-10-13-19(15-8-11-17(22)12-9-15)23(20(16)24)18(6-2)14-21(3,4)25/h5,8-9,11-12,16,18-19,25H,1,6-7,10,13-14H2,2-4H3. The molecule has 0 radical (unpaired) electrons. The molecule has 25 heavy (non-hydrogen) atoms. The fraction of sp³-hybridized carbons (Fsp3) is 0.571. The van der Waals surface area contributed by atoms with E-state index >= 15 is 0 Å². The SMILES string of the molecule is C=CCC1CCC(c2ccc(Cl)cc2)N(C(CC)CC(C)(C)O)C1=O. The number of halogens is 1. The Morgan fingerprint density at radius 1 is 1.36 bits per heavy atom. The number of amides is 1. The topological polar surface area (TPSA) is 40.5 Å². The first-order valence-electron chi connectivity index (χ1n) is 9.17. The molecule has 3 nitrogen and oxygen atoms in total. The van der Waals surface area contributed by atoms with Gasteiger partial charge in [-0.2, -0.15) is 0 Å². The molecule has 0 aromatic heterocycles. The van der Waals surface area contributed by atoms with E-state index in [1.54, 1.807) is 0 Å². The van der Waals surface area contributed by atoms with Crippen LogP contribution in [-0.2, 0) is 4.79 Å². The number of benzene rings is 1. The first-order valence-corrected chi connectivity index (χ1v) is 9.55. The molecule has 1 fully saturated rings. The second-order valence-electron chi connectivity index (χ2n) is 7.69. The molecule has 1 aromatic carbocycles. The van der Waals surface area contributed by atoms with Crippen molar-refractivity contribution in [2.24, 2.45) is 5.92 Å². The normalized spacial score (nSPS) is 22.8. The molecule has 138 valence electrons. The fourth-order valence-electron chi connectivity index (χ4n) is 3.87. The van der Waals surface area contributed by atoms with Crippen molar-refractivity contribution in [1.29, 1.82) is 0 Å². The van der Waals surface area contributed by atoms with Gasteiger partial charge in [0.05, 0.1) is 11.6 Å². The number of carbonyl (C=O) groups excluding carboxylic acids is 1. The number of likely N-dealkylation sites (tertiary alicyclic amines) is 1. The summed E-state index contributed by atoms with van der Waals surface area (Å²) in [6.45, 7) is 9.50. The minimum atomic E-state index is -0.809. The van der Waals surface area contributed by atoms with Crippen molar-refractivity contribution in [1.82, 2.24) is 4.90 Å². The molecule has 2 rings (SSSR count). The van der Waals surface area contributed by atoms with Gasteiger partial charge < -0.3 is 10.0 Å². The molecule has 3 atom stereocenters. The first kappa shape index (κ1) is 20.0. The van der Waals surface area contributed by atoms with Gasteiger partial charge in [0.15, 0.2) is 0 Å². The summed E-state index contributed by atoms with van der Waals surface area (Å²) in [6, 6.07) is 7.84. The van der Waals surface area contributed by atoms with Gasteiger partial charge in [0.1, 0.15) is 0 Å². The van der Waals surface area contributed by atoms with Crippen LogP contribution in [0.25, 0.3) is 0 Å². The van der Waals surface area contributed by atoms with E-state index < -0.39 is 5.60 Å². The van der Waals surface area contributed by atoms with Crippen LogP contribution >= 0.6 is 11.6 Å². The van der Waals surface area contributed by atoms with E-state index in [0.29, 0.717) is 17.9 Å². The van der Waals surface area contributed by atoms with E-state index in [-0.39, 0.29) is 23.9 Å². The number of carbonyl (C=O) groups is 1. The third-order valence-electron chi connectivity index (χ3n) is 5.03. The number of nitrogens with zero attached hydrogens (tertiary/aromatic N) is 1. The number of allylic oxidation sites excluding steroid dienone is 1. The Bertz CT molecular complexity index is 591. The summed E-state index contributed by atoms with van der Waals surface area (Å²) < 4.78 is 0. The van der Waals surface area contributed by atoms with Crippen LogP contribution in [0.1, 0.15) is 64.5 Å². The largest absolute Gasteiger partial charge is 0.390 e. The minimum Gasteiger partial charge on any atom is -0.390 e. The van der Waals surface area contributed by atoms with Crippen molar-refractivity contribution >= 4 is 17.5 Å². The van der Waals surface area contributed by atoms with Gasteiger partial charge in [-0.15, -0.1) is 6.58 Å². The zero-order valence-electron chi connectivity index (χ0n) is 15.5. The lowest BCUT2D eigenvalue weighted by Crippen LogP contribution is -2.50. The minimum absolute atomic E-state index is 0.00287. The highest BCUT2D eigenvalue weighted by Crippen LogP contribution is 2.39. The van der Waals surface area contributed by atoms with Gasteiger partial charge in [0.25, 0.3) is 0 Å². The Labute approximate surface area is 156 Å². The maximum atomic E-state index is 13.2. The second kappa shape index (κ2) is 8.37. The lowest BCUT2D eigenvalue weighted by molar-refractivity contribution is -0.147. The average molecular weight is 364 g/mol. The van der Waals surface area contributed by atoms with Gasteiger partial charge in [0.2, 0.25) is 5.91 Å². The second-order valence-corrected chi connectivity index (χ2v) is 8.13. The van der Waals surface area contributed by atoms with Crippen LogP contribution in [0.5, 0.6) is 0 Å². The molecule has 0 aliphatic carbocycles. The van der Waals surface area contributed by atoms with E-state index in [1.165, 1.54) is 0 Å². The van der Waals surface area contributed by atoms with Crippen LogP contribution in [0.2, 0.25) is 5.02 Å². The summed E-state index contributed by atoms with van der Waals surface area (Å²) in [6.07, 6.45) is 5.73. The number of rotatable bonds is 7. The van der Waals surface area contributed by atoms with Crippen molar-refractivity contribution in [3.8, 4) is 0 Å². The van der Waals surface area contributed by atoms with E-state index in [9.17, 15) is 9.90 Å². The Morgan fingerprint density at radius 3 is 2.52 bits per heavy atom. The Hall–Kier alpha value is -1.32. The molecule has 1 heterocycles. The predicted octanol–water partition coefficient (Wildman–Crippen LogP) is 5.14. The lowest BCUT2D eigenvalue weighted by atomic mass is 9.83. The van der Waals surface area contributed by atoms with Crippen LogP contribution < -0.4 is 0 Å². The average Bonchev–Trinajstić information content (AvgIpc) is 2.55. The lowest BCUT2D eigenvalue weighted by Gasteiger charge is -2.45. The molecule has 0 bridgehead atoms. The molecular formula is C21H30ClNO2. The highest BCUT2D eigenvalue weighted by molar-refractivity contribution is 6.30. The van der Waals surface area contributed by atoms with Gasteiger partial charge in [-0.25, -0.2) is 0 Å². The predicted molar refractivity (Wildman–Crippen MR) is 104 cm³/mol. The molecule has 1 aliphatic rings. The zero-order valence-corrected chi connectivity index (χ0v) is 16.3. The van der Waals surface area contributed by atoms with Crippen molar-refractivity contribution in [2.75, 3.05) is 0 Å².